The van der Waals surface area contributed by atoms with Gasteiger partial charge in [0.1, 0.15) is 5.75 Å². The summed E-state index contributed by atoms with van der Waals surface area (Å²) in [5.74, 6) is 0.888. The van der Waals surface area contributed by atoms with E-state index in [1.807, 2.05) is 24.5 Å². The number of benzene rings is 1. The van der Waals surface area contributed by atoms with E-state index in [0.29, 0.717) is 6.04 Å². The van der Waals surface area contributed by atoms with Crippen LogP contribution in [-0.2, 0) is 0 Å². The standard InChI is InChI=1S/C21H27N3O/c1-25-21-8-6-17(7-9-21)18-14-20(16-22-15-18)24-13-12-23-10-2-4-19(24)5-3-11-23/h6-9,14-16,19H,2-5,10-13H2,1H3. The van der Waals surface area contributed by atoms with E-state index in [2.05, 4.69) is 33.0 Å². The maximum Gasteiger partial charge on any atom is 0.118 e. The summed E-state index contributed by atoms with van der Waals surface area (Å²) in [6.07, 6.45) is 9.21. The maximum absolute atomic E-state index is 5.27. The summed E-state index contributed by atoms with van der Waals surface area (Å²) in [5.41, 5.74) is 3.63. The van der Waals surface area contributed by atoms with Gasteiger partial charge in [0.25, 0.3) is 0 Å². The van der Waals surface area contributed by atoms with Gasteiger partial charge < -0.3 is 14.5 Å². The first-order chi connectivity index (χ1) is 12.3. The Labute approximate surface area is 150 Å². The first-order valence-electron chi connectivity index (χ1n) is 9.42. The van der Waals surface area contributed by atoms with Gasteiger partial charge in [-0.2, -0.15) is 0 Å². The average Bonchev–Trinajstić information content (AvgIpc) is 2.61. The van der Waals surface area contributed by atoms with Crippen molar-refractivity contribution in [2.45, 2.75) is 31.7 Å². The van der Waals surface area contributed by atoms with E-state index >= 15 is 0 Å². The summed E-state index contributed by atoms with van der Waals surface area (Å²) in [6, 6.07) is 11.2. The van der Waals surface area contributed by atoms with Crippen LogP contribution in [0.15, 0.2) is 42.7 Å². The minimum absolute atomic E-state index is 0.662. The highest BCUT2D eigenvalue weighted by atomic mass is 16.5. The zero-order valence-electron chi connectivity index (χ0n) is 15.0. The monoisotopic (exact) mass is 337 g/mol. The van der Waals surface area contributed by atoms with Gasteiger partial charge in [0.2, 0.25) is 0 Å². The molecule has 25 heavy (non-hydrogen) atoms. The molecule has 3 aliphatic heterocycles. The van der Waals surface area contributed by atoms with Gasteiger partial charge in [-0.25, -0.2) is 0 Å². The largest absolute Gasteiger partial charge is 0.497 e. The molecule has 4 heterocycles. The van der Waals surface area contributed by atoms with Crippen molar-refractivity contribution in [3.8, 4) is 16.9 Å². The molecule has 1 aromatic carbocycles. The molecule has 132 valence electrons. The van der Waals surface area contributed by atoms with Crippen LogP contribution in [0.2, 0.25) is 0 Å². The van der Waals surface area contributed by atoms with Crippen LogP contribution in [0.25, 0.3) is 11.1 Å². The molecule has 2 aromatic rings. The fraction of sp³-hybridized carbons (Fsp3) is 0.476. The number of hydrogen-bond donors (Lipinski definition) is 0. The van der Waals surface area contributed by atoms with Gasteiger partial charge >= 0.3 is 0 Å². The second-order valence-electron chi connectivity index (χ2n) is 7.13. The molecular weight excluding hydrogens is 310 g/mol. The number of rotatable bonds is 3. The Bertz CT molecular complexity index is 691. The van der Waals surface area contributed by atoms with Gasteiger partial charge in [0.05, 0.1) is 19.0 Å². The van der Waals surface area contributed by atoms with E-state index in [1.54, 1.807) is 7.11 Å². The highest BCUT2D eigenvalue weighted by molar-refractivity contribution is 5.68. The first kappa shape index (κ1) is 16.4. The van der Waals surface area contributed by atoms with Crippen LogP contribution in [0.5, 0.6) is 5.75 Å². The molecule has 0 atom stereocenters. The SMILES string of the molecule is COc1ccc(-c2cncc(N3CCN4CCCC3CCC4)c2)cc1. The van der Waals surface area contributed by atoms with E-state index in [1.165, 1.54) is 62.1 Å². The van der Waals surface area contributed by atoms with E-state index in [0.717, 1.165) is 12.3 Å². The Kier molecular flexibility index (Phi) is 4.88. The zero-order chi connectivity index (χ0) is 17.1. The predicted molar refractivity (Wildman–Crippen MR) is 102 cm³/mol. The lowest BCUT2D eigenvalue weighted by atomic mass is 9.98. The molecule has 4 heteroatoms. The van der Waals surface area contributed by atoms with Crippen LogP contribution < -0.4 is 9.64 Å². The van der Waals surface area contributed by atoms with Crippen molar-refractivity contribution >= 4 is 5.69 Å². The minimum atomic E-state index is 0.662. The molecule has 5 rings (SSSR count). The molecule has 1 aromatic heterocycles. The second kappa shape index (κ2) is 7.44. The lowest BCUT2D eigenvalue weighted by Crippen LogP contribution is -2.47. The third kappa shape index (κ3) is 3.64. The third-order valence-electron chi connectivity index (χ3n) is 5.60. The fourth-order valence-electron chi connectivity index (χ4n) is 4.19. The van der Waals surface area contributed by atoms with Crippen LogP contribution in [0.3, 0.4) is 0 Å². The van der Waals surface area contributed by atoms with E-state index in [4.69, 9.17) is 4.74 Å². The molecule has 3 saturated heterocycles. The highest BCUT2D eigenvalue weighted by Crippen LogP contribution is 2.29. The van der Waals surface area contributed by atoms with Crippen LogP contribution in [-0.4, -0.2) is 49.2 Å². The number of fused-ring (bicyclic) bond motifs is 6. The van der Waals surface area contributed by atoms with E-state index in [9.17, 15) is 0 Å². The lowest BCUT2D eigenvalue weighted by molar-refractivity contribution is 0.217. The van der Waals surface area contributed by atoms with E-state index in [-0.39, 0.29) is 0 Å². The molecule has 0 aliphatic carbocycles. The molecular formula is C21H27N3O. The topological polar surface area (TPSA) is 28.6 Å². The third-order valence-corrected chi connectivity index (χ3v) is 5.60. The van der Waals surface area contributed by atoms with Crippen molar-refractivity contribution in [3.05, 3.63) is 42.7 Å². The van der Waals surface area contributed by atoms with Crippen molar-refractivity contribution < 1.29 is 4.74 Å². The molecule has 0 spiro atoms. The zero-order valence-corrected chi connectivity index (χ0v) is 15.0. The highest BCUT2D eigenvalue weighted by Gasteiger charge is 2.25. The van der Waals surface area contributed by atoms with Crippen molar-refractivity contribution in [1.29, 1.82) is 0 Å². The number of anilines is 1. The normalized spacial score (nSPS) is 23.6. The quantitative estimate of drug-likeness (QED) is 0.851. The van der Waals surface area contributed by atoms with Gasteiger partial charge in [-0.3, -0.25) is 4.98 Å². The Morgan fingerprint density at radius 3 is 2.40 bits per heavy atom. The van der Waals surface area contributed by atoms with Crippen molar-refractivity contribution in [1.82, 2.24) is 9.88 Å². The van der Waals surface area contributed by atoms with Crippen LogP contribution in [0, 0.1) is 0 Å². The number of ether oxygens (including phenoxy) is 1. The lowest BCUT2D eigenvalue weighted by Gasteiger charge is -2.41. The second-order valence-corrected chi connectivity index (χ2v) is 7.13. The van der Waals surface area contributed by atoms with Gasteiger partial charge in [0.15, 0.2) is 0 Å². The van der Waals surface area contributed by atoms with Crippen molar-refractivity contribution in [3.63, 3.8) is 0 Å². The first-order valence-corrected chi connectivity index (χ1v) is 9.42. The molecule has 0 N–H and O–H groups in total. The smallest absolute Gasteiger partial charge is 0.118 e. The summed E-state index contributed by atoms with van der Waals surface area (Å²) in [7, 11) is 1.70. The summed E-state index contributed by atoms with van der Waals surface area (Å²) >= 11 is 0. The summed E-state index contributed by atoms with van der Waals surface area (Å²) in [4.78, 5) is 9.78. The molecule has 4 nitrogen and oxygen atoms in total. The van der Waals surface area contributed by atoms with Crippen LogP contribution >= 0.6 is 0 Å². The van der Waals surface area contributed by atoms with E-state index < -0.39 is 0 Å². The van der Waals surface area contributed by atoms with Gasteiger partial charge in [-0.05, 0) is 62.5 Å². The van der Waals surface area contributed by atoms with Crippen LogP contribution in [0.1, 0.15) is 25.7 Å². The number of pyridine rings is 1. The molecule has 0 unspecified atom stereocenters. The maximum atomic E-state index is 5.27. The van der Waals surface area contributed by atoms with Gasteiger partial charge in [-0.1, -0.05) is 12.1 Å². The molecule has 2 bridgehead atoms. The Morgan fingerprint density at radius 1 is 0.920 bits per heavy atom. The molecule has 0 saturated carbocycles. The van der Waals surface area contributed by atoms with Crippen molar-refractivity contribution in [2.75, 3.05) is 38.2 Å². The Balaban J connectivity index is 1.61. The molecule has 3 aliphatic rings. The number of methoxy groups -OCH3 is 1. The predicted octanol–water partition coefficient (Wildman–Crippen LogP) is 3.82. The summed E-state index contributed by atoms with van der Waals surface area (Å²) in [5, 5.41) is 0. The molecule has 3 fully saturated rings. The summed E-state index contributed by atoms with van der Waals surface area (Å²) in [6.45, 7) is 4.82. The molecule has 0 amide bonds. The minimum Gasteiger partial charge on any atom is -0.497 e. The Hall–Kier alpha value is -2.07. The number of nitrogens with zero attached hydrogens (tertiary/aromatic N) is 3. The van der Waals surface area contributed by atoms with Gasteiger partial charge in [0, 0.05) is 30.9 Å². The number of hydrogen-bond acceptors (Lipinski definition) is 4. The Morgan fingerprint density at radius 2 is 1.68 bits per heavy atom. The van der Waals surface area contributed by atoms with Crippen LogP contribution in [0.4, 0.5) is 5.69 Å². The molecule has 0 radical (unpaired) electrons. The van der Waals surface area contributed by atoms with Crippen molar-refractivity contribution in [2.24, 2.45) is 0 Å². The van der Waals surface area contributed by atoms with Gasteiger partial charge in [-0.15, -0.1) is 0 Å². The average molecular weight is 337 g/mol. The number of aromatic nitrogens is 1. The fourth-order valence-corrected chi connectivity index (χ4v) is 4.19. The summed E-state index contributed by atoms with van der Waals surface area (Å²) < 4.78 is 5.27.